The molecule has 0 aliphatic heterocycles. The highest BCUT2D eigenvalue weighted by Crippen LogP contribution is 2.73. The van der Waals surface area contributed by atoms with Gasteiger partial charge in [-0.3, -0.25) is 0 Å². The maximum Gasteiger partial charge on any atom is 0.379 e. The lowest BCUT2D eigenvalue weighted by atomic mass is 9.68. The van der Waals surface area contributed by atoms with Gasteiger partial charge < -0.3 is 0 Å². The average molecular weight is 366 g/mol. The second kappa shape index (κ2) is 4.95. The Morgan fingerprint density at radius 1 is 0.400 bits per heavy atom. The van der Waals surface area contributed by atoms with Gasteiger partial charge in [0.2, 0.25) is 0 Å². The van der Waals surface area contributed by atoms with Crippen molar-refractivity contribution in [2.45, 2.75) is 29.1 Å². The fraction of sp³-hybridized carbons (Fsp3) is 0.294. The van der Waals surface area contributed by atoms with E-state index >= 15 is 0 Å². The van der Waals surface area contributed by atoms with E-state index in [1.165, 1.54) is 12.1 Å². The van der Waals surface area contributed by atoms with Gasteiger partial charge in [0.15, 0.2) is 5.41 Å². The van der Waals surface area contributed by atoms with E-state index in [1.807, 2.05) is 0 Å². The normalized spacial score (nSPS) is 24.8. The van der Waals surface area contributed by atoms with Crippen LogP contribution in [0.15, 0.2) is 60.7 Å². The Labute approximate surface area is 137 Å². The van der Waals surface area contributed by atoms with Gasteiger partial charge in [-0.15, -0.1) is 0 Å². The minimum absolute atomic E-state index is 0.715. The minimum Gasteiger partial charge on any atom is -0.198 e. The molecule has 25 heavy (non-hydrogen) atoms. The standard InChI is InChI=1S/C17H10F8/c18-14(19)13(11-7-3-1-4-8-11,12-9-5-2-6-10-12)15(20,21)17(24,25)16(14,22)23/h1-10H. The van der Waals surface area contributed by atoms with Crippen molar-refractivity contribution in [3.05, 3.63) is 71.8 Å². The summed E-state index contributed by atoms with van der Waals surface area (Å²) < 4.78 is 114. The summed E-state index contributed by atoms with van der Waals surface area (Å²) in [5, 5.41) is 0. The highest BCUT2D eigenvalue weighted by molar-refractivity contribution is 5.52. The number of hydrogen-bond acceptors (Lipinski definition) is 0. The van der Waals surface area contributed by atoms with Crippen molar-refractivity contribution in [2.75, 3.05) is 0 Å². The van der Waals surface area contributed by atoms with Crippen LogP contribution in [-0.4, -0.2) is 23.7 Å². The molecule has 0 amide bonds. The third kappa shape index (κ3) is 1.72. The van der Waals surface area contributed by atoms with Crippen LogP contribution >= 0.6 is 0 Å². The number of benzene rings is 2. The van der Waals surface area contributed by atoms with Gasteiger partial charge in [0.05, 0.1) is 0 Å². The van der Waals surface area contributed by atoms with Crippen LogP contribution in [-0.2, 0) is 5.41 Å². The Morgan fingerprint density at radius 2 is 0.680 bits per heavy atom. The molecule has 1 saturated carbocycles. The number of rotatable bonds is 2. The Morgan fingerprint density at radius 3 is 0.960 bits per heavy atom. The first kappa shape index (κ1) is 17.7. The van der Waals surface area contributed by atoms with Crippen molar-refractivity contribution in [3.63, 3.8) is 0 Å². The van der Waals surface area contributed by atoms with Crippen LogP contribution in [0.5, 0.6) is 0 Å². The third-order valence-electron chi connectivity index (χ3n) is 4.54. The lowest BCUT2D eigenvalue weighted by molar-refractivity contribution is -0.303. The quantitative estimate of drug-likeness (QED) is 0.614. The van der Waals surface area contributed by atoms with Crippen molar-refractivity contribution in [3.8, 4) is 0 Å². The van der Waals surface area contributed by atoms with Gasteiger partial charge in [-0.2, -0.15) is 35.1 Å². The molecule has 0 radical (unpaired) electrons. The maximum absolute atomic E-state index is 14.7. The van der Waals surface area contributed by atoms with Crippen molar-refractivity contribution in [1.82, 2.24) is 0 Å². The summed E-state index contributed by atoms with van der Waals surface area (Å²) in [7, 11) is 0. The molecule has 2 aromatic rings. The van der Waals surface area contributed by atoms with Gasteiger partial charge in [0.25, 0.3) is 0 Å². The van der Waals surface area contributed by atoms with E-state index in [1.54, 1.807) is 0 Å². The van der Waals surface area contributed by atoms with Crippen LogP contribution in [0.3, 0.4) is 0 Å². The summed E-state index contributed by atoms with van der Waals surface area (Å²) >= 11 is 0. The summed E-state index contributed by atoms with van der Waals surface area (Å²) in [4.78, 5) is 0. The van der Waals surface area contributed by atoms with Gasteiger partial charge in [-0.25, -0.2) is 0 Å². The Balaban J connectivity index is 2.52. The number of halogens is 8. The zero-order valence-electron chi connectivity index (χ0n) is 12.3. The van der Waals surface area contributed by atoms with Gasteiger partial charge in [0, 0.05) is 0 Å². The summed E-state index contributed by atoms with van der Waals surface area (Å²) in [5.41, 5.74) is -6.27. The molecule has 2 aromatic carbocycles. The third-order valence-corrected chi connectivity index (χ3v) is 4.54. The molecule has 8 heteroatoms. The van der Waals surface area contributed by atoms with Crippen LogP contribution in [0.2, 0.25) is 0 Å². The van der Waals surface area contributed by atoms with Crippen LogP contribution in [0.25, 0.3) is 0 Å². The lowest BCUT2D eigenvalue weighted by Gasteiger charge is -2.39. The molecule has 0 heterocycles. The molecule has 0 spiro atoms. The fourth-order valence-electron chi connectivity index (χ4n) is 3.33. The molecule has 0 aromatic heterocycles. The van der Waals surface area contributed by atoms with E-state index in [0.29, 0.717) is 24.3 Å². The van der Waals surface area contributed by atoms with Gasteiger partial charge in [-0.05, 0) is 11.1 Å². The smallest absolute Gasteiger partial charge is 0.198 e. The first-order valence-electron chi connectivity index (χ1n) is 7.08. The van der Waals surface area contributed by atoms with Crippen molar-refractivity contribution in [1.29, 1.82) is 0 Å². The molecule has 134 valence electrons. The highest BCUT2D eigenvalue weighted by Gasteiger charge is 2.99. The van der Waals surface area contributed by atoms with E-state index in [9.17, 15) is 35.1 Å². The molecule has 3 rings (SSSR count). The summed E-state index contributed by atoms with van der Waals surface area (Å²) in [6, 6.07) is 9.56. The van der Waals surface area contributed by atoms with Crippen molar-refractivity contribution < 1.29 is 35.1 Å². The Kier molecular flexibility index (Phi) is 3.51. The van der Waals surface area contributed by atoms with E-state index in [2.05, 4.69) is 0 Å². The zero-order chi connectivity index (χ0) is 18.7. The van der Waals surface area contributed by atoms with E-state index < -0.39 is 40.2 Å². The second-order valence-corrected chi connectivity index (χ2v) is 5.78. The Bertz CT molecular complexity index is 700. The second-order valence-electron chi connectivity index (χ2n) is 5.78. The molecule has 0 saturated heterocycles. The molecule has 0 N–H and O–H groups in total. The fourth-order valence-corrected chi connectivity index (χ4v) is 3.33. The number of alkyl halides is 8. The van der Waals surface area contributed by atoms with Crippen molar-refractivity contribution >= 4 is 0 Å². The summed E-state index contributed by atoms with van der Waals surface area (Å²) in [6.45, 7) is 0. The molecule has 0 bridgehead atoms. The van der Waals surface area contributed by atoms with Crippen LogP contribution in [0.1, 0.15) is 11.1 Å². The molecular weight excluding hydrogens is 356 g/mol. The number of hydrogen-bond donors (Lipinski definition) is 0. The molecule has 1 aliphatic carbocycles. The van der Waals surface area contributed by atoms with Crippen molar-refractivity contribution in [2.24, 2.45) is 0 Å². The highest BCUT2D eigenvalue weighted by atomic mass is 19.4. The first-order valence-corrected chi connectivity index (χ1v) is 7.08. The van der Waals surface area contributed by atoms with Crippen LogP contribution < -0.4 is 0 Å². The molecule has 1 fully saturated rings. The average Bonchev–Trinajstić information content (AvgIpc) is 2.62. The molecule has 0 nitrogen and oxygen atoms in total. The van der Waals surface area contributed by atoms with Crippen LogP contribution in [0, 0.1) is 0 Å². The van der Waals surface area contributed by atoms with Gasteiger partial charge in [-0.1, -0.05) is 60.7 Å². The molecule has 0 atom stereocenters. The van der Waals surface area contributed by atoms with E-state index in [0.717, 1.165) is 24.3 Å². The Hall–Kier alpha value is -2.12. The largest absolute Gasteiger partial charge is 0.379 e. The van der Waals surface area contributed by atoms with Gasteiger partial charge in [0.1, 0.15) is 0 Å². The molecular formula is C17H10F8. The first-order chi connectivity index (χ1) is 11.5. The molecule has 0 unspecified atom stereocenters. The monoisotopic (exact) mass is 366 g/mol. The van der Waals surface area contributed by atoms with Crippen LogP contribution in [0.4, 0.5) is 35.1 Å². The summed E-state index contributed by atoms with van der Waals surface area (Å²) in [6.07, 6.45) is 0. The summed E-state index contributed by atoms with van der Waals surface area (Å²) in [5.74, 6) is -24.0. The lowest BCUT2D eigenvalue weighted by Crippen LogP contribution is -2.56. The predicted octanol–water partition coefficient (Wildman–Crippen LogP) is 5.53. The zero-order valence-corrected chi connectivity index (χ0v) is 12.3. The van der Waals surface area contributed by atoms with E-state index in [-0.39, 0.29) is 0 Å². The SMILES string of the molecule is FC1(F)C(F)(F)C(F)(F)C(c2ccccc2)(c2ccccc2)C1(F)F. The predicted molar refractivity (Wildman–Crippen MR) is 73.5 cm³/mol. The van der Waals surface area contributed by atoms with E-state index in [4.69, 9.17) is 0 Å². The topological polar surface area (TPSA) is 0 Å². The maximum atomic E-state index is 14.7. The minimum atomic E-state index is -6.25. The van der Waals surface area contributed by atoms with Gasteiger partial charge >= 0.3 is 23.7 Å². The molecule has 1 aliphatic rings.